The van der Waals surface area contributed by atoms with Crippen LogP contribution in [0.2, 0.25) is 0 Å². The molecule has 1 heterocycles. The molecule has 9 heteroatoms. The molecule has 0 aliphatic heterocycles. The van der Waals surface area contributed by atoms with Gasteiger partial charge in [-0.1, -0.05) is 42.1 Å². The second-order valence-electron chi connectivity index (χ2n) is 6.88. The third-order valence-corrected chi connectivity index (χ3v) is 6.44. The van der Waals surface area contributed by atoms with Crippen LogP contribution in [-0.2, 0) is 14.6 Å². The highest BCUT2D eigenvalue weighted by Crippen LogP contribution is 2.40. The first kappa shape index (κ1) is 19.7. The highest BCUT2D eigenvalue weighted by Gasteiger charge is 2.30. The van der Waals surface area contributed by atoms with Gasteiger partial charge in [-0.3, -0.25) is 4.79 Å². The maximum absolute atomic E-state index is 12.4. The van der Waals surface area contributed by atoms with E-state index in [1.54, 1.807) is 18.2 Å². The first-order chi connectivity index (χ1) is 13.9. The van der Waals surface area contributed by atoms with Gasteiger partial charge in [0.05, 0.1) is 22.0 Å². The summed E-state index contributed by atoms with van der Waals surface area (Å²) in [6.07, 6.45) is 3.31. The number of carbonyl (C=O) groups excluding carboxylic acids is 1. The van der Waals surface area contributed by atoms with Gasteiger partial charge in [0.25, 0.3) is 0 Å². The minimum Gasteiger partial charge on any atom is -0.324 e. The average molecular weight is 429 g/mol. The molecule has 1 N–H and O–H groups in total. The average Bonchev–Trinajstić information content (AvgIpc) is 3.46. The van der Waals surface area contributed by atoms with Crippen molar-refractivity contribution in [1.29, 1.82) is 0 Å². The Morgan fingerprint density at radius 3 is 2.52 bits per heavy atom. The van der Waals surface area contributed by atoms with E-state index in [-0.39, 0.29) is 22.2 Å². The molecule has 0 unspecified atom stereocenters. The monoisotopic (exact) mass is 428 g/mol. The maximum Gasteiger partial charge on any atom is 0.234 e. The van der Waals surface area contributed by atoms with Crippen LogP contribution in [0.1, 0.15) is 24.6 Å². The molecule has 0 saturated heterocycles. The Bertz CT molecular complexity index is 1140. The van der Waals surface area contributed by atoms with Crippen LogP contribution in [0.15, 0.2) is 64.6 Å². The molecule has 150 valence electrons. The Morgan fingerprint density at radius 2 is 1.83 bits per heavy atom. The molecule has 1 aliphatic rings. The number of nitrogens with zero attached hydrogens (tertiary/aromatic N) is 3. The molecule has 0 radical (unpaired) electrons. The summed E-state index contributed by atoms with van der Waals surface area (Å²) in [7, 11) is -3.43. The second-order valence-corrected chi connectivity index (χ2v) is 9.81. The molecule has 29 heavy (non-hydrogen) atoms. The van der Waals surface area contributed by atoms with Crippen LogP contribution in [-0.4, -0.2) is 41.1 Å². The van der Waals surface area contributed by atoms with Gasteiger partial charge < -0.3 is 5.32 Å². The van der Waals surface area contributed by atoms with Crippen LogP contribution in [0.25, 0.3) is 5.69 Å². The summed E-state index contributed by atoms with van der Waals surface area (Å²) in [5, 5.41) is 7.77. The molecule has 3 aromatic rings. The predicted molar refractivity (Wildman–Crippen MR) is 112 cm³/mol. The van der Waals surface area contributed by atoms with Gasteiger partial charge in [-0.25, -0.2) is 18.1 Å². The second kappa shape index (κ2) is 8.00. The van der Waals surface area contributed by atoms with Crippen molar-refractivity contribution in [3.05, 3.63) is 60.4 Å². The van der Waals surface area contributed by atoms with Gasteiger partial charge in [0.1, 0.15) is 5.82 Å². The van der Waals surface area contributed by atoms with Crippen molar-refractivity contribution in [1.82, 2.24) is 14.8 Å². The highest BCUT2D eigenvalue weighted by atomic mass is 32.2. The zero-order valence-electron chi connectivity index (χ0n) is 15.8. The fourth-order valence-corrected chi connectivity index (χ4v) is 4.41. The molecule has 1 amide bonds. The molecule has 2 aromatic carbocycles. The molecular formula is C20H20N4O3S2. The molecule has 1 fully saturated rings. The molecule has 0 bridgehead atoms. The zero-order valence-corrected chi connectivity index (χ0v) is 17.4. The third-order valence-electron chi connectivity index (χ3n) is 4.45. The van der Waals surface area contributed by atoms with Crippen molar-refractivity contribution in [3.8, 4) is 5.69 Å². The van der Waals surface area contributed by atoms with Crippen molar-refractivity contribution < 1.29 is 13.2 Å². The van der Waals surface area contributed by atoms with Crippen molar-refractivity contribution >= 4 is 33.2 Å². The number of rotatable bonds is 7. The minimum absolute atomic E-state index is 0.0843. The predicted octanol–water partition coefficient (Wildman–Crippen LogP) is 3.28. The first-order valence-corrected chi connectivity index (χ1v) is 12.0. The summed E-state index contributed by atoms with van der Waals surface area (Å²) in [5.41, 5.74) is 1.22. The number of amides is 1. The molecule has 4 rings (SSSR count). The van der Waals surface area contributed by atoms with Crippen LogP contribution in [0, 0.1) is 0 Å². The quantitative estimate of drug-likeness (QED) is 0.581. The number of hydrogen-bond donors (Lipinski definition) is 1. The van der Waals surface area contributed by atoms with E-state index in [0.717, 1.165) is 30.6 Å². The summed E-state index contributed by atoms with van der Waals surface area (Å²) >= 11 is 1.23. The summed E-state index contributed by atoms with van der Waals surface area (Å²) in [4.78, 5) is 17.1. The Balaban J connectivity index is 1.47. The fourth-order valence-electron chi connectivity index (χ4n) is 2.94. The largest absolute Gasteiger partial charge is 0.324 e. The lowest BCUT2D eigenvalue weighted by Gasteiger charge is -2.08. The van der Waals surface area contributed by atoms with E-state index in [4.69, 9.17) is 0 Å². The highest BCUT2D eigenvalue weighted by molar-refractivity contribution is 7.99. The Kier molecular flexibility index (Phi) is 5.42. The third kappa shape index (κ3) is 4.68. The maximum atomic E-state index is 12.4. The number of aromatic nitrogens is 3. The van der Waals surface area contributed by atoms with Gasteiger partial charge in [0.15, 0.2) is 9.84 Å². The van der Waals surface area contributed by atoms with Gasteiger partial charge in [0, 0.05) is 12.2 Å². The number of thioether (sulfide) groups is 1. The van der Waals surface area contributed by atoms with Crippen molar-refractivity contribution in [3.63, 3.8) is 0 Å². The minimum atomic E-state index is -3.43. The van der Waals surface area contributed by atoms with Gasteiger partial charge in [0.2, 0.25) is 11.1 Å². The normalized spacial score (nSPS) is 14.0. The van der Waals surface area contributed by atoms with Crippen molar-refractivity contribution in [2.75, 3.05) is 17.3 Å². The smallest absolute Gasteiger partial charge is 0.234 e. The fraction of sp³-hybridized carbons (Fsp3) is 0.250. The number of benzene rings is 2. The van der Waals surface area contributed by atoms with E-state index < -0.39 is 9.84 Å². The Hall–Kier alpha value is -2.65. The van der Waals surface area contributed by atoms with Gasteiger partial charge in [-0.2, -0.15) is 0 Å². The van der Waals surface area contributed by atoms with Crippen molar-refractivity contribution in [2.45, 2.75) is 28.8 Å². The topological polar surface area (TPSA) is 94.0 Å². The molecule has 1 saturated carbocycles. The van der Waals surface area contributed by atoms with Crippen LogP contribution in [0.3, 0.4) is 0 Å². The summed E-state index contributed by atoms with van der Waals surface area (Å²) in [6.45, 7) is 0. The molecular weight excluding hydrogens is 408 g/mol. The lowest BCUT2D eigenvalue weighted by Crippen LogP contribution is -2.16. The van der Waals surface area contributed by atoms with Crippen LogP contribution in [0.5, 0.6) is 0 Å². The molecule has 7 nitrogen and oxygen atoms in total. The van der Waals surface area contributed by atoms with Crippen LogP contribution in [0.4, 0.5) is 5.69 Å². The van der Waals surface area contributed by atoms with Crippen LogP contribution < -0.4 is 5.32 Å². The molecule has 1 aromatic heterocycles. The van der Waals surface area contributed by atoms with E-state index in [0.29, 0.717) is 11.1 Å². The number of hydrogen-bond acceptors (Lipinski definition) is 6. The number of para-hydroxylation sites is 2. The van der Waals surface area contributed by atoms with Gasteiger partial charge in [-0.05, 0) is 37.1 Å². The number of anilines is 1. The van der Waals surface area contributed by atoms with Gasteiger partial charge in [-0.15, -0.1) is 5.10 Å². The number of nitrogens with one attached hydrogen (secondary N) is 1. The number of sulfone groups is 1. The lowest BCUT2D eigenvalue weighted by atomic mass is 10.3. The molecule has 1 aliphatic carbocycles. The molecule has 0 spiro atoms. The number of carbonyl (C=O) groups is 1. The lowest BCUT2D eigenvalue weighted by molar-refractivity contribution is -0.113. The zero-order chi connectivity index (χ0) is 20.4. The Labute approximate surface area is 173 Å². The van der Waals surface area contributed by atoms with Gasteiger partial charge >= 0.3 is 0 Å². The SMILES string of the molecule is CS(=O)(=O)c1ccccc1NC(=O)CSc1nc(C2CC2)n(-c2ccccc2)n1. The van der Waals surface area contributed by atoms with Crippen LogP contribution >= 0.6 is 11.8 Å². The first-order valence-electron chi connectivity index (χ1n) is 9.16. The van der Waals surface area contributed by atoms with E-state index in [2.05, 4.69) is 15.4 Å². The van der Waals surface area contributed by atoms with E-state index >= 15 is 0 Å². The molecule has 0 atom stereocenters. The van der Waals surface area contributed by atoms with E-state index in [1.165, 1.54) is 17.8 Å². The standard InChI is InChI=1S/C20H20N4O3S2/c1-29(26,27)17-10-6-5-9-16(17)21-18(25)13-28-20-22-19(14-11-12-14)24(23-20)15-7-3-2-4-8-15/h2-10,14H,11-13H2,1H3,(H,21,25). The summed E-state index contributed by atoms with van der Waals surface area (Å²) in [5.74, 6) is 1.10. The Morgan fingerprint density at radius 1 is 1.14 bits per heavy atom. The van der Waals surface area contributed by atoms with E-state index in [1.807, 2.05) is 35.0 Å². The summed E-state index contributed by atoms with van der Waals surface area (Å²) < 4.78 is 25.6. The van der Waals surface area contributed by atoms with Crippen molar-refractivity contribution in [2.24, 2.45) is 0 Å². The summed E-state index contributed by atoms with van der Waals surface area (Å²) in [6, 6.07) is 16.2. The van der Waals surface area contributed by atoms with E-state index in [9.17, 15) is 13.2 Å².